The zero-order valence-corrected chi connectivity index (χ0v) is 14.9. The number of methoxy groups -OCH3 is 1. The number of ether oxygens (including phenoxy) is 1. The van der Waals surface area contributed by atoms with Crippen LogP contribution in [0, 0.1) is 5.82 Å². The second-order valence-electron chi connectivity index (χ2n) is 6.21. The molecule has 1 aliphatic rings. The largest absolute Gasteiger partial charge is 0.497 e. The van der Waals surface area contributed by atoms with Gasteiger partial charge in [0.05, 0.1) is 7.11 Å². The summed E-state index contributed by atoms with van der Waals surface area (Å²) >= 11 is 1.98. The molecule has 0 spiro atoms. The number of likely N-dealkylation sites (tertiary alicyclic amines) is 1. The number of hydrogen-bond acceptors (Lipinski definition) is 3. The maximum atomic E-state index is 12.9. The third-order valence-electron chi connectivity index (χ3n) is 4.53. The first kappa shape index (κ1) is 17.3. The van der Waals surface area contributed by atoms with Crippen LogP contribution in [0.5, 0.6) is 5.75 Å². The molecule has 0 saturated carbocycles. The SMILES string of the molecule is COc1ccc(SC2CCN(CCc3ccc(F)cc3)CC2)cc1. The summed E-state index contributed by atoms with van der Waals surface area (Å²) < 4.78 is 18.1. The summed E-state index contributed by atoms with van der Waals surface area (Å²) in [6.45, 7) is 3.36. The molecule has 4 heteroatoms. The number of halogens is 1. The van der Waals surface area contributed by atoms with Gasteiger partial charge in [0.2, 0.25) is 0 Å². The Balaban J connectivity index is 1.41. The second kappa shape index (κ2) is 8.54. The Hall–Kier alpha value is -1.52. The summed E-state index contributed by atoms with van der Waals surface area (Å²) in [6.07, 6.45) is 3.44. The van der Waals surface area contributed by atoms with E-state index in [-0.39, 0.29) is 5.82 Å². The van der Waals surface area contributed by atoms with Crippen molar-refractivity contribution < 1.29 is 9.13 Å². The van der Waals surface area contributed by atoms with Crippen LogP contribution in [0.15, 0.2) is 53.4 Å². The topological polar surface area (TPSA) is 12.5 Å². The van der Waals surface area contributed by atoms with Crippen molar-refractivity contribution in [2.75, 3.05) is 26.7 Å². The molecule has 0 bridgehead atoms. The predicted octanol–water partition coefficient (Wildman–Crippen LogP) is 4.63. The van der Waals surface area contributed by atoms with Crippen LogP contribution >= 0.6 is 11.8 Å². The molecule has 1 fully saturated rings. The Morgan fingerprint density at radius 3 is 2.33 bits per heavy atom. The van der Waals surface area contributed by atoms with E-state index in [0.29, 0.717) is 5.25 Å². The summed E-state index contributed by atoms with van der Waals surface area (Å²) in [5, 5.41) is 0.695. The Bertz CT molecular complexity index is 621. The zero-order chi connectivity index (χ0) is 16.8. The monoisotopic (exact) mass is 345 g/mol. The maximum Gasteiger partial charge on any atom is 0.123 e. The normalized spacial score (nSPS) is 16.2. The lowest BCUT2D eigenvalue weighted by Gasteiger charge is -2.31. The highest BCUT2D eigenvalue weighted by Crippen LogP contribution is 2.31. The van der Waals surface area contributed by atoms with Crippen LogP contribution in [0.3, 0.4) is 0 Å². The van der Waals surface area contributed by atoms with E-state index in [1.54, 1.807) is 19.2 Å². The van der Waals surface area contributed by atoms with Gasteiger partial charge in [-0.3, -0.25) is 0 Å². The molecule has 1 aliphatic heterocycles. The quantitative estimate of drug-likeness (QED) is 0.757. The molecule has 1 heterocycles. The molecular weight excluding hydrogens is 321 g/mol. The van der Waals surface area contributed by atoms with Gasteiger partial charge in [-0.15, -0.1) is 11.8 Å². The van der Waals surface area contributed by atoms with E-state index in [2.05, 4.69) is 17.0 Å². The lowest BCUT2D eigenvalue weighted by atomic mass is 10.1. The van der Waals surface area contributed by atoms with Gasteiger partial charge < -0.3 is 9.64 Å². The number of hydrogen-bond donors (Lipinski definition) is 0. The number of nitrogens with zero attached hydrogens (tertiary/aromatic N) is 1. The van der Waals surface area contributed by atoms with E-state index < -0.39 is 0 Å². The van der Waals surface area contributed by atoms with E-state index in [0.717, 1.165) is 31.8 Å². The fourth-order valence-electron chi connectivity index (χ4n) is 3.04. The minimum atomic E-state index is -0.157. The first-order valence-corrected chi connectivity index (χ1v) is 9.38. The molecule has 1 saturated heterocycles. The van der Waals surface area contributed by atoms with Crippen molar-refractivity contribution in [3.05, 3.63) is 59.9 Å². The van der Waals surface area contributed by atoms with E-state index in [1.165, 1.54) is 23.3 Å². The van der Waals surface area contributed by atoms with Crippen molar-refractivity contribution in [1.82, 2.24) is 4.90 Å². The van der Waals surface area contributed by atoms with Crippen LogP contribution in [-0.2, 0) is 6.42 Å². The van der Waals surface area contributed by atoms with Crippen molar-refractivity contribution in [3.63, 3.8) is 0 Å². The van der Waals surface area contributed by atoms with Crippen LogP contribution in [0.2, 0.25) is 0 Å². The molecule has 0 aromatic heterocycles. The number of rotatable bonds is 6. The fraction of sp³-hybridized carbons (Fsp3) is 0.400. The number of piperidine rings is 1. The average Bonchev–Trinajstić information content (AvgIpc) is 2.63. The molecule has 24 heavy (non-hydrogen) atoms. The molecule has 2 aromatic carbocycles. The minimum Gasteiger partial charge on any atom is -0.497 e. The van der Waals surface area contributed by atoms with Crippen LogP contribution in [0.1, 0.15) is 18.4 Å². The minimum absolute atomic E-state index is 0.157. The van der Waals surface area contributed by atoms with Crippen LogP contribution in [0.4, 0.5) is 4.39 Å². The van der Waals surface area contributed by atoms with Gasteiger partial charge in [-0.05, 0) is 74.3 Å². The van der Waals surface area contributed by atoms with E-state index in [4.69, 9.17) is 4.74 Å². The molecule has 0 amide bonds. The molecule has 128 valence electrons. The van der Waals surface area contributed by atoms with E-state index >= 15 is 0 Å². The Kier molecular flexibility index (Phi) is 6.16. The summed E-state index contributed by atoms with van der Waals surface area (Å²) in [6, 6.07) is 15.2. The molecule has 0 radical (unpaired) electrons. The lowest BCUT2D eigenvalue weighted by molar-refractivity contribution is 0.235. The summed E-state index contributed by atoms with van der Waals surface area (Å²) in [5.41, 5.74) is 1.21. The van der Waals surface area contributed by atoms with Crippen LogP contribution in [-0.4, -0.2) is 36.9 Å². The Morgan fingerprint density at radius 1 is 1.04 bits per heavy atom. The Morgan fingerprint density at radius 2 is 1.71 bits per heavy atom. The summed E-state index contributed by atoms with van der Waals surface area (Å²) in [4.78, 5) is 3.84. The first-order valence-electron chi connectivity index (χ1n) is 8.50. The predicted molar refractivity (Wildman–Crippen MR) is 98.4 cm³/mol. The van der Waals surface area contributed by atoms with Crippen molar-refractivity contribution in [1.29, 1.82) is 0 Å². The van der Waals surface area contributed by atoms with Gasteiger partial charge in [0.25, 0.3) is 0 Å². The van der Waals surface area contributed by atoms with Gasteiger partial charge in [-0.1, -0.05) is 12.1 Å². The molecule has 0 unspecified atom stereocenters. The van der Waals surface area contributed by atoms with Crippen molar-refractivity contribution in [2.45, 2.75) is 29.4 Å². The number of benzene rings is 2. The molecule has 0 N–H and O–H groups in total. The molecule has 3 rings (SSSR count). The molecule has 0 aliphatic carbocycles. The highest BCUT2D eigenvalue weighted by Gasteiger charge is 2.19. The van der Waals surface area contributed by atoms with Crippen LogP contribution in [0.25, 0.3) is 0 Å². The van der Waals surface area contributed by atoms with Gasteiger partial charge in [-0.2, -0.15) is 0 Å². The van der Waals surface area contributed by atoms with Crippen molar-refractivity contribution in [3.8, 4) is 5.75 Å². The number of thioether (sulfide) groups is 1. The average molecular weight is 345 g/mol. The van der Waals surface area contributed by atoms with Crippen molar-refractivity contribution >= 4 is 11.8 Å². The van der Waals surface area contributed by atoms with Gasteiger partial charge in [0.1, 0.15) is 11.6 Å². The molecule has 2 nitrogen and oxygen atoms in total. The molecular formula is C20H24FNOS. The zero-order valence-electron chi connectivity index (χ0n) is 14.1. The highest BCUT2D eigenvalue weighted by molar-refractivity contribution is 8.00. The summed E-state index contributed by atoms with van der Waals surface area (Å²) in [7, 11) is 1.70. The third-order valence-corrected chi connectivity index (χ3v) is 5.88. The van der Waals surface area contributed by atoms with E-state index in [1.807, 2.05) is 36.0 Å². The molecule has 0 atom stereocenters. The smallest absolute Gasteiger partial charge is 0.123 e. The van der Waals surface area contributed by atoms with Gasteiger partial charge >= 0.3 is 0 Å². The summed E-state index contributed by atoms with van der Waals surface area (Å²) in [5.74, 6) is 0.755. The second-order valence-corrected chi connectivity index (χ2v) is 7.58. The van der Waals surface area contributed by atoms with Gasteiger partial charge in [-0.25, -0.2) is 4.39 Å². The van der Waals surface area contributed by atoms with Gasteiger partial charge in [0, 0.05) is 16.7 Å². The van der Waals surface area contributed by atoms with Crippen LogP contribution < -0.4 is 4.74 Å². The highest BCUT2D eigenvalue weighted by atomic mass is 32.2. The van der Waals surface area contributed by atoms with E-state index in [9.17, 15) is 4.39 Å². The standard InChI is InChI=1S/C20H24FNOS/c1-23-18-6-8-19(9-7-18)24-20-11-14-22(15-12-20)13-10-16-2-4-17(21)5-3-16/h2-9,20H,10-15H2,1H3. The van der Waals surface area contributed by atoms with Gasteiger partial charge in [0.15, 0.2) is 0 Å². The lowest BCUT2D eigenvalue weighted by Crippen LogP contribution is -2.36. The first-order chi connectivity index (χ1) is 11.7. The fourth-order valence-corrected chi connectivity index (χ4v) is 4.16. The third kappa shape index (κ3) is 4.99. The van der Waals surface area contributed by atoms with Crippen molar-refractivity contribution in [2.24, 2.45) is 0 Å². The Labute approximate surface area is 148 Å². The molecule has 2 aromatic rings. The maximum absolute atomic E-state index is 12.9.